The predicted octanol–water partition coefficient (Wildman–Crippen LogP) is 2.77. The summed E-state index contributed by atoms with van der Waals surface area (Å²) in [7, 11) is 3.05. The second kappa shape index (κ2) is 8.66. The summed E-state index contributed by atoms with van der Waals surface area (Å²) in [6.07, 6.45) is 1.25. The van der Waals surface area contributed by atoms with E-state index in [2.05, 4.69) is 10.3 Å². The Labute approximate surface area is 157 Å². The molecule has 0 spiro atoms. The highest BCUT2D eigenvalue weighted by atomic mass is 16.7. The van der Waals surface area contributed by atoms with E-state index in [4.69, 9.17) is 14.2 Å². The molecule has 7 heteroatoms. The molecule has 3 rings (SSSR count). The number of hydrogen-bond acceptors (Lipinski definition) is 5. The monoisotopic (exact) mass is 369 g/mol. The molecule has 0 aliphatic rings. The number of nitrogens with zero attached hydrogens (tertiary/aromatic N) is 2. The van der Waals surface area contributed by atoms with Gasteiger partial charge in [0.25, 0.3) is 5.91 Å². The third-order valence-electron chi connectivity index (χ3n) is 4.19. The molecular formula is C20H23N3O4. The zero-order valence-corrected chi connectivity index (χ0v) is 15.6. The molecule has 1 aromatic heterocycles. The van der Waals surface area contributed by atoms with Crippen LogP contribution >= 0.6 is 0 Å². The van der Waals surface area contributed by atoms with Gasteiger partial charge in [-0.1, -0.05) is 12.1 Å². The molecule has 0 saturated heterocycles. The minimum absolute atomic E-state index is 0.208. The minimum Gasteiger partial charge on any atom is -0.492 e. The smallest absolute Gasteiger partial charge is 0.251 e. The van der Waals surface area contributed by atoms with Crippen molar-refractivity contribution < 1.29 is 19.0 Å². The Kier molecular flexibility index (Phi) is 6.05. The van der Waals surface area contributed by atoms with E-state index < -0.39 is 6.29 Å². The molecule has 0 fully saturated rings. The van der Waals surface area contributed by atoms with E-state index >= 15 is 0 Å². The fraction of sp³-hybridized carbons (Fsp3) is 0.300. The van der Waals surface area contributed by atoms with Crippen LogP contribution in [0.4, 0.5) is 0 Å². The summed E-state index contributed by atoms with van der Waals surface area (Å²) in [4.78, 5) is 16.8. The number of para-hydroxylation sites is 2. The van der Waals surface area contributed by atoms with Crippen molar-refractivity contribution in [3.8, 4) is 11.4 Å². The molecule has 0 atom stereocenters. The maximum absolute atomic E-state index is 12.4. The van der Waals surface area contributed by atoms with Crippen LogP contribution in [0, 0.1) is 0 Å². The van der Waals surface area contributed by atoms with E-state index in [0.717, 1.165) is 22.5 Å². The fourth-order valence-corrected chi connectivity index (χ4v) is 2.82. The lowest BCUT2D eigenvalue weighted by molar-refractivity contribution is -0.0974. The first-order valence-corrected chi connectivity index (χ1v) is 8.71. The Bertz CT molecular complexity index is 918. The van der Waals surface area contributed by atoms with Gasteiger partial charge in [-0.05, 0) is 37.3 Å². The summed E-state index contributed by atoms with van der Waals surface area (Å²) in [5.41, 5.74) is 3.05. The van der Waals surface area contributed by atoms with Gasteiger partial charge in [0, 0.05) is 19.8 Å². The Balaban J connectivity index is 1.86. The second-order valence-electron chi connectivity index (χ2n) is 5.83. The first kappa shape index (κ1) is 18.9. The average Bonchev–Trinajstić information content (AvgIpc) is 3.12. The molecular weight excluding hydrogens is 346 g/mol. The largest absolute Gasteiger partial charge is 0.492 e. The third-order valence-corrected chi connectivity index (χ3v) is 4.19. The highest BCUT2D eigenvalue weighted by Gasteiger charge is 2.13. The molecule has 0 aliphatic heterocycles. The van der Waals surface area contributed by atoms with Crippen molar-refractivity contribution in [3.05, 3.63) is 54.4 Å². The molecule has 142 valence electrons. The van der Waals surface area contributed by atoms with E-state index in [1.165, 1.54) is 14.2 Å². The summed E-state index contributed by atoms with van der Waals surface area (Å²) >= 11 is 0. The quantitative estimate of drug-likeness (QED) is 0.618. The molecule has 0 bridgehead atoms. The molecule has 2 aromatic carbocycles. The van der Waals surface area contributed by atoms with Crippen LogP contribution in [-0.2, 0) is 9.47 Å². The zero-order chi connectivity index (χ0) is 19.2. The molecule has 0 saturated carbocycles. The van der Waals surface area contributed by atoms with Crippen molar-refractivity contribution in [1.29, 1.82) is 0 Å². The molecule has 3 aromatic rings. The lowest BCUT2D eigenvalue weighted by Crippen LogP contribution is -2.34. The molecule has 0 aliphatic carbocycles. The van der Waals surface area contributed by atoms with Gasteiger partial charge in [-0.2, -0.15) is 0 Å². The van der Waals surface area contributed by atoms with Crippen LogP contribution in [0.2, 0.25) is 0 Å². The summed E-state index contributed by atoms with van der Waals surface area (Å²) in [6, 6.07) is 13.2. The number of ether oxygens (including phenoxy) is 3. The Morgan fingerprint density at radius 3 is 2.70 bits per heavy atom. The van der Waals surface area contributed by atoms with Gasteiger partial charge in [-0.3, -0.25) is 9.36 Å². The number of aromatic nitrogens is 2. The maximum atomic E-state index is 12.4. The van der Waals surface area contributed by atoms with E-state index in [9.17, 15) is 4.79 Å². The van der Waals surface area contributed by atoms with Crippen molar-refractivity contribution in [3.63, 3.8) is 0 Å². The lowest BCUT2D eigenvalue weighted by Gasteiger charge is -2.14. The van der Waals surface area contributed by atoms with Crippen molar-refractivity contribution in [2.24, 2.45) is 0 Å². The van der Waals surface area contributed by atoms with E-state index in [-0.39, 0.29) is 12.5 Å². The van der Waals surface area contributed by atoms with Gasteiger partial charge in [0.1, 0.15) is 12.1 Å². The normalized spacial score (nSPS) is 11.1. The molecule has 1 amide bonds. The fourth-order valence-electron chi connectivity index (χ4n) is 2.82. The van der Waals surface area contributed by atoms with Crippen molar-refractivity contribution in [2.45, 2.75) is 13.2 Å². The number of carbonyl (C=O) groups excluding carboxylic acids is 1. The van der Waals surface area contributed by atoms with Crippen LogP contribution in [0.5, 0.6) is 5.75 Å². The van der Waals surface area contributed by atoms with Crippen molar-refractivity contribution in [1.82, 2.24) is 14.9 Å². The SMILES string of the molecule is CCOc1ccccc1-n1cnc2cc(C(=O)NCC(OC)OC)ccc21. The number of nitrogens with one attached hydrogen (secondary N) is 1. The first-order chi connectivity index (χ1) is 13.2. The number of fused-ring (bicyclic) bond motifs is 1. The number of methoxy groups -OCH3 is 2. The third kappa shape index (κ3) is 4.10. The van der Waals surface area contributed by atoms with E-state index in [1.54, 1.807) is 18.5 Å². The molecule has 0 radical (unpaired) electrons. The summed E-state index contributed by atoms with van der Waals surface area (Å²) in [5.74, 6) is 0.576. The zero-order valence-electron chi connectivity index (χ0n) is 15.6. The number of hydrogen-bond donors (Lipinski definition) is 1. The number of carbonyl (C=O) groups is 1. The minimum atomic E-state index is -0.480. The van der Waals surface area contributed by atoms with E-state index in [1.807, 2.05) is 41.8 Å². The number of imidazole rings is 1. The number of benzene rings is 2. The first-order valence-electron chi connectivity index (χ1n) is 8.71. The summed E-state index contributed by atoms with van der Waals surface area (Å²) in [5, 5.41) is 2.79. The number of amides is 1. The lowest BCUT2D eigenvalue weighted by atomic mass is 10.2. The second-order valence-corrected chi connectivity index (χ2v) is 5.83. The van der Waals surface area contributed by atoms with Crippen molar-refractivity contribution in [2.75, 3.05) is 27.4 Å². The molecule has 0 unspecified atom stereocenters. The van der Waals surface area contributed by atoms with Crippen LogP contribution in [0.1, 0.15) is 17.3 Å². The van der Waals surface area contributed by atoms with Gasteiger partial charge in [0.05, 0.1) is 29.9 Å². The standard InChI is InChI=1S/C20H23N3O4/c1-4-27-18-8-6-5-7-17(18)23-13-22-15-11-14(9-10-16(15)23)20(24)21-12-19(25-2)26-3/h5-11,13,19H,4,12H2,1-3H3,(H,21,24). The van der Waals surface area contributed by atoms with Crippen LogP contribution in [-0.4, -0.2) is 49.1 Å². The van der Waals surface area contributed by atoms with Gasteiger partial charge in [0.15, 0.2) is 6.29 Å². The molecule has 1 heterocycles. The van der Waals surface area contributed by atoms with Crippen LogP contribution < -0.4 is 10.1 Å². The highest BCUT2D eigenvalue weighted by molar-refractivity contribution is 5.97. The Hall–Kier alpha value is -2.90. The van der Waals surface area contributed by atoms with Gasteiger partial charge >= 0.3 is 0 Å². The van der Waals surface area contributed by atoms with E-state index in [0.29, 0.717) is 12.2 Å². The molecule has 7 nitrogen and oxygen atoms in total. The predicted molar refractivity (Wildman–Crippen MR) is 102 cm³/mol. The topological polar surface area (TPSA) is 74.6 Å². The van der Waals surface area contributed by atoms with Gasteiger partial charge < -0.3 is 19.5 Å². The Morgan fingerprint density at radius 2 is 1.96 bits per heavy atom. The Morgan fingerprint density at radius 1 is 1.19 bits per heavy atom. The van der Waals surface area contributed by atoms with Crippen molar-refractivity contribution >= 4 is 16.9 Å². The average molecular weight is 369 g/mol. The maximum Gasteiger partial charge on any atom is 0.251 e. The highest BCUT2D eigenvalue weighted by Crippen LogP contribution is 2.26. The summed E-state index contributed by atoms with van der Waals surface area (Å²) in [6.45, 7) is 2.79. The molecule has 1 N–H and O–H groups in total. The van der Waals surface area contributed by atoms with Crippen LogP contribution in [0.25, 0.3) is 16.7 Å². The van der Waals surface area contributed by atoms with Gasteiger partial charge in [0.2, 0.25) is 0 Å². The van der Waals surface area contributed by atoms with Gasteiger partial charge in [-0.25, -0.2) is 4.98 Å². The molecule has 27 heavy (non-hydrogen) atoms. The number of rotatable bonds is 8. The van der Waals surface area contributed by atoms with Crippen LogP contribution in [0.15, 0.2) is 48.8 Å². The van der Waals surface area contributed by atoms with Crippen LogP contribution in [0.3, 0.4) is 0 Å². The van der Waals surface area contributed by atoms with Gasteiger partial charge in [-0.15, -0.1) is 0 Å². The summed E-state index contributed by atoms with van der Waals surface area (Å²) < 4.78 is 17.8.